The van der Waals surface area contributed by atoms with E-state index >= 15 is 0 Å². The van der Waals surface area contributed by atoms with Crippen LogP contribution >= 0.6 is 23.2 Å². The average molecular weight is 377 g/mol. The van der Waals surface area contributed by atoms with E-state index in [4.69, 9.17) is 23.2 Å². The quantitative estimate of drug-likeness (QED) is 0.741. The average Bonchev–Trinajstić information content (AvgIpc) is 2.57. The number of nitrogens with zero attached hydrogens (tertiary/aromatic N) is 3. The molecule has 25 heavy (non-hydrogen) atoms. The molecule has 8 heteroatoms. The Hall–Kier alpha value is -2.44. The van der Waals surface area contributed by atoms with Crippen LogP contribution in [0.5, 0.6) is 0 Å². The number of rotatable bonds is 5. The summed E-state index contributed by atoms with van der Waals surface area (Å²) >= 11 is 11.9. The summed E-state index contributed by atoms with van der Waals surface area (Å²) in [5.41, 5.74) is 1.07. The van der Waals surface area contributed by atoms with Crippen molar-refractivity contribution in [1.82, 2.24) is 20.3 Å². The molecule has 3 aromatic rings. The topological polar surface area (TPSA) is 76.9 Å². The molecule has 0 bridgehead atoms. The van der Waals surface area contributed by atoms with Crippen molar-refractivity contribution in [3.05, 3.63) is 68.4 Å². The molecule has 0 spiro atoms. The van der Waals surface area contributed by atoms with E-state index in [9.17, 15) is 9.59 Å². The second kappa shape index (κ2) is 7.63. The van der Waals surface area contributed by atoms with Crippen LogP contribution in [0.3, 0.4) is 0 Å². The van der Waals surface area contributed by atoms with Crippen molar-refractivity contribution in [3.63, 3.8) is 0 Å². The molecule has 1 amide bonds. The van der Waals surface area contributed by atoms with Crippen molar-refractivity contribution in [2.45, 2.75) is 13.0 Å². The van der Waals surface area contributed by atoms with Crippen molar-refractivity contribution >= 4 is 40.0 Å². The summed E-state index contributed by atoms with van der Waals surface area (Å²) in [6.45, 7) is 0.207. The summed E-state index contributed by atoms with van der Waals surface area (Å²) in [6, 6.07) is 12.1. The van der Waals surface area contributed by atoms with Gasteiger partial charge in [-0.3, -0.25) is 9.59 Å². The number of fused-ring (bicyclic) bond motifs is 1. The monoisotopic (exact) mass is 376 g/mol. The van der Waals surface area contributed by atoms with Gasteiger partial charge in [-0.1, -0.05) is 40.5 Å². The normalized spacial score (nSPS) is 10.8. The van der Waals surface area contributed by atoms with Crippen molar-refractivity contribution in [1.29, 1.82) is 0 Å². The summed E-state index contributed by atoms with van der Waals surface area (Å²) in [5, 5.41) is 12.0. The summed E-state index contributed by atoms with van der Waals surface area (Å²) in [6.07, 6.45) is 0.574. The SMILES string of the molecule is O=C(Cn1nnc2ccccc2c1=O)NCCc1cc(Cl)cc(Cl)c1. The van der Waals surface area contributed by atoms with Crippen molar-refractivity contribution in [2.75, 3.05) is 6.54 Å². The molecular formula is C17H14Cl2N4O2. The van der Waals surface area contributed by atoms with Gasteiger partial charge in [0.1, 0.15) is 12.1 Å². The summed E-state index contributed by atoms with van der Waals surface area (Å²) in [5.74, 6) is -0.320. The second-order valence-electron chi connectivity index (χ2n) is 5.45. The van der Waals surface area contributed by atoms with Crippen molar-refractivity contribution in [3.8, 4) is 0 Å². The van der Waals surface area contributed by atoms with Crippen LogP contribution < -0.4 is 10.9 Å². The Balaban J connectivity index is 1.61. The minimum absolute atomic E-state index is 0.188. The highest BCUT2D eigenvalue weighted by Gasteiger charge is 2.09. The van der Waals surface area contributed by atoms with Crippen LogP contribution in [-0.2, 0) is 17.8 Å². The predicted molar refractivity (Wildman–Crippen MR) is 97.0 cm³/mol. The molecule has 3 rings (SSSR count). The van der Waals surface area contributed by atoms with Gasteiger partial charge in [-0.05, 0) is 42.3 Å². The molecule has 2 aromatic carbocycles. The molecule has 1 heterocycles. The van der Waals surface area contributed by atoms with E-state index in [0.717, 1.165) is 10.2 Å². The standard InChI is InChI=1S/C17H14Cl2N4O2/c18-12-7-11(8-13(19)9-12)5-6-20-16(24)10-23-17(25)14-3-1-2-4-15(14)21-22-23/h1-4,7-9H,5-6,10H2,(H,20,24). The van der Waals surface area contributed by atoms with E-state index in [0.29, 0.717) is 33.9 Å². The fraction of sp³-hybridized carbons (Fsp3) is 0.176. The van der Waals surface area contributed by atoms with Gasteiger partial charge in [0.2, 0.25) is 5.91 Å². The number of hydrogen-bond donors (Lipinski definition) is 1. The molecule has 0 saturated carbocycles. The lowest BCUT2D eigenvalue weighted by atomic mass is 10.1. The van der Waals surface area contributed by atoms with Crippen LogP contribution in [-0.4, -0.2) is 27.4 Å². The Morgan fingerprint density at radius 2 is 1.84 bits per heavy atom. The maximum Gasteiger partial charge on any atom is 0.278 e. The Morgan fingerprint density at radius 1 is 1.12 bits per heavy atom. The van der Waals surface area contributed by atoms with E-state index in [2.05, 4.69) is 15.6 Å². The van der Waals surface area contributed by atoms with Gasteiger partial charge in [0.25, 0.3) is 5.56 Å². The molecule has 0 aliphatic carbocycles. The molecule has 0 aliphatic heterocycles. The molecule has 0 aliphatic rings. The van der Waals surface area contributed by atoms with E-state index in [1.54, 1.807) is 42.5 Å². The van der Waals surface area contributed by atoms with E-state index < -0.39 is 0 Å². The van der Waals surface area contributed by atoms with Gasteiger partial charge in [0.05, 0.1) is 5.39 Å². The smallest absolute Gasteiger partial charge is 0.278 e. The van der Waals surface area contributed by atoms with E-state index in [1.807, 2.05) is 0 Å². The summed E-state index contributed by atoms with van der Waals surface area (Å²) in [4.78, 5) is 24.3. The molecule has 1 aromatic heterocycles. The van der Waals surface area contributed by atoms with Crippen molar-refractivity contribution < 1.29 is 4.79 Å². The summed E-state index contributed by atoms with van der Waals surface area (Å²) in [7, 11) is 0. The van der Waals surface area contributed by atoms with Gasteiger partial charge < -0.3 is 5.32 Å². The third-order valence-electron chi connectivity index (χ3n) is 3.58. The Bertz CT molecular complexity index is 968. The highest BCUT2D eigenvalue weighted by Crippen LogP contribution is 2.19. The van der Waals surface area contributed by atoms with Crippen LogP contribution in [0, 0.1) is 0 Å². The molecule has 0 fully saturated rings. The number of amides is 1. The third-order valence-corrected chi connectivity index (χ3v) is 4.02. The fourth-order valence-corrected chi connectivity index (χ4v) is 2.99. The largest absolute Gasteiger partial charge is 0.354 e. The Morgan fingerprint density at radius 3 is 2.60 bits per heavy atom. The zero-order valence-corrected chi connectivity index (χ0v) is 14.6. The molecular weight excluding hydrogens is 363 g/mol. The first-order chi connectivity index (χ1) is 12.0. The molecule has 6 nitrogen and oxygen atoms in total. The van der Waals surface area contributed by atoms with Gasteiger partial charge in [-0.15, -0.1) is 5.10 Å². The maximum atomic E-state index is 12.3. The van der Waals surface area contributed by atoms with Gasteiger partial charge in [-0.2, -0.15) is 0 Å². The molecule has 1 N–H and O–H groups in total. The first-order valence-corrected chi connectivity index (χ1v) is 8.33. The lowest BCUT2D eigenvalue weighted by Crippen LogP contribution is -2.35. The number of carbonyl (C=O) groups is 1. The number of carbonyl (C=O) groups excluding carboxylic acids is 1. The first kappa shape index (κ1) is 17.4. The Labute approximate surface area is 153 Å². The zero-order valence-electron chi connectivity index (χ0n) is 13.1. The number of aromatic nitrogens is 3. The number of benzene rings is 2. The van der Waals surface area contributed by atoms with E-state index in [1.165, 1.54) is 0 Å². The van der Waals surface area contributed by atoms with Crippen LogP contribution in [0.15, 0.2) is 47.3 Å². The van der Waals surface area contributed by atoms with E-state index in [-0.39, 0.29) is 18.0 Å². The van der Waals surface area contributed by atoms with Crippen molar-refractivity contribution in [2.24, 2.45) is 0 Å². The highest BCUT2D eigenvalue weighted by molar-refractivity contribution is 6.34. The first-order valence-electron chi connectivity index (χ1n) is 7.57. The van der Waals surface area contributed by atoms with Crippen LogP contribution in [0.2, 0.25) is 10.0 Å². The van der Waals surface area contributed by atoms with Crippen LogP contribution in [0.25, 0.3) is 10.9 Å². The molecule has 0 unspecified atom stereocenters. The molecule has 0 radical (unpaired) electrons. The minimum atomic E-state index is -0.345. The lowest BCUT2D eigenvalue weighted by Gasteiger charge is -2.07. The molecule has 128 valence electrons. The highest BCUT2D eigenvalue weighted by atomic mass is 35.5. The minimum Gasteiger partial charge on any atom is -0.354 e. The number of hydrogen-bond acceptors (Lipinski definition) is 4. The Kier molecular flexibility index (Phi) is 5.31. The zero-order chi connectivity index (χ0) is 17.8. The van der Waals surface area contributed by atoms with Gasteiger partial charge >= 0.3 is 0 Å². The van der Waals surface area contributed by atoms with Crippen LogP contribution in [0.1, 0.15) is 5.56 Å². The molecule has 0 atom stereocenters. The predicted octanol–water partition coefficient (Wildman–Crippen LogP) is 2.46. The number of nitrogens with one attached hydrogen (secondary N) is 1. The van der Waals surface area contributed by atoms with Gasteiger partial charge in [0, 0.05) is 16.6 Å². The number of halogens is 2. The van der Waals surface area contributed by atoms with Crippen LogP contribution in [0.4, 0.5) is 0 Å². The fourth-order valence-electron chi connectivity index (χ4n) is 2.42. The maximum absolute atomic E-state index is 12.3. The summed E-state index contributed by atoms with van der Waals surface area (Å²) < 4.78 is 1.05. The molecule has 0 saturated heterocycles. The lowest BCUT2D eigenvalue weighted by molar-refractivity contribution is -0.121. The van der Waals surface area contributed by atoms with Gasteiger partial charge in [0.15, 0.2) is 0 Å². The third kappa shape index (κ3) is 4.35. The van der Waals surface area contributed by atoms with Gasteiger partial charge in [-0.25, -0.2) is 4.68 Å². The second-order valence-corrected chi connectivity index (χ2v) is 6.32.